The van der Waals surface area contributed by atoms with Gasteiger partial charge in [-0.25, -0.2) is 4.98 Å². The van der Waals surface area contributed by atoms with Crippen LogP contribution in [-0.4, -0.2) is 17.4 Å². The zero-order valence-electron chi connectivity index (χ0n) is 9.80. The number of alkyl halides is 1. The Bertz CT molecular complexity index is 336. The van der Waals surface area contributed by atoms with Crippen molar-refractivity contribution in [2.24, 2.45) is 5.41 Å². The lowest BCUT2D eigenvalue weighted by Gasteiger charge is -2.21. The topological polar surface area (TPSA) is 22.1 Å². The zero-order chi connectivity index (χ0) is 11.5. The van der Waals surface area contributed by atoms with E-state index in [4.69, 9.17) is 4.74 Å². The van der Waals surface area contributed by atoms with Crippen LogP contribution in [0.5, 0.6) is 5.88 Å². The highest BCUT2D eigenvalue weighted by Crippen LogP contribution is 2.25. The number of aryl methyl sites for hydroxylation is 1. The summed E-state index contributed by atoms with van der Waals surface area (Å²) in [5, 5.41) is 0.990. The third-order valence-corrected chi connectivity index (χ3v) is 3.76. The number of rotatable bonds is 4. The lowest BCUT2D eigenvalue weighted by molar-refractivity contribution is 0.392. The summed E-state index contributed by atoms with van der Waals surface area (Å²) in [5.41, 5.74) is 2.55. The minimum absolute atomic E-state index is 0.263. The lowest BCUT2D eigenvalue weighted by Crippen LogP contribution is -2.16. The van der Waals surface area contributed by atoms with Gasteiger partial charge in [0.15, 0.2) is 0 Å². The quantitative estimate of drug-likeness (QED) is 0.784. The van der Waals surface area contributed by atoms with E-state index in [9.17, 15) is 0 Å². The summed E-state index contributed by atoms with van der Waals surface area (Å²) < 4.78 is 5.16. The van der Waals surface area contributed by atoms with Crippen LogP contribution in [0.15, 0.2) is 12.1 Å². The fourth-order valence-corrected chi connectivity index (χ4v) is 1.71. The van der Waals surface area contributed by atoms with Gasteiger partial charge >= 0.3 is 0 Å². The van der Waals surface area contributed by atoms with Crippen molar-refractivity contribution in [3.05, 3.63) is 23.4 Å². The second-order valence-electron chi connectivity index (χ2n) is 4.63. The van der Waals surface area contributed by atoms with E-state index >= 15 is 0 Å². The van der Waals surface area contributed by atoms with Crippen molar-refractivity contribution in [2.45, 2.75) is 27.2 Å². The molecule has 0 radical (unpaired) electrons. The molecular formula is C12H18BrNO. The largest absolute Gasteiger partial charge is 0.481 e. The van der Waals surface area contributed by atoms with Crippen LogP contribution >= 0.6 is 15.9 Å². The van der Waals surface area contributed by atoms with Crippen LogP contribution in [0.3, 0.4) is 0 Å². The molecule has 0 amide bonds. The molecule has 0 saturated heterocycles. The number of hydrogen-bond donors (Lipinski definition) is 0. The second kappa shape index (κ2) is 4.97. The van der Waals surface area contributed by atoms with Crippen LogP contribution in [0.25, 0.3) is 0 Å². The molecule has 0 bridgehead atoms. The van der Waals surface area contributed by atoms with Gasteiger partial charge in [-0.15, -0.1) is 0 Å². The van der Waals surface area contributed by atoms with E-state index in [2.05, 4.69) is 40.8 Å². The first-order valence-corrected chi connectivity index (χ1v) is 6.16. The van der Waals surface area contributed by atoms with Crippen LogP contribution in [-0.2, 0) is 6.42 Å². The van der Waals surface area contributed by atoms with Crippen LogP contribution in [0.1, 0.15) is 25.1 Å². The Morgan fingerprint density at radius 3 is 2.60 bits per heavy atom. The van der Waals surface area contributed by atoms with Gasteiger partial charge in [-0.1, -0.05) is 29.8 Å². The van der Waals surface area contributed by atoms with Gasteiger partial charge in [-0.2, -0.15) is 0 Å². The maximum Gasteiger partial charge on any atom is 0.213 e. The minimum atomic E-state index is 0.263. The Morgan fingerprint density at radius 2 is 2.07 bits per heavy atom. The molecule has 15 heavy (non-hydrogen) atoms. The summed E-state index contributed by atoms with van der Waals surface area (Å²) in [6.45, 7) is 6.47. The molecule has 0 N–H and O–H groups in total. The normalized spacial score (nSPS) is 11.5. The van der Waals surface area contributed by atoms with Crippen LogP contribution in [0.4, 0.5) is 0 Å². The Balaban J connectivity index is 2.90. The van der Waals surface area contributed by atoms with Gasteiger partial charge in [0.2, 0.25) is 5.88 Å². The van der Waals surface area contributed by atoms with Gasteiger partial charge in [0, 0.05) is 17.1 Å². The molecule has 3 heteroatoms. The summed E-state index contributed by atoms with van der Waals surface area (Å²) in [6, 6.07) is 4.13. The minimum Gasteiger partial charge on any atom is -0.481 e. The number of hydrogen-bond acceptors (Lipinski definition) is 2. The number of halogens is 1. The average Bonchev–Trinajstić information content (AvgIpc) is 2.16. The fourth-order valence-electron chi connectivity index (χ4n) is 1.51. The van der Waals surface area contributed by atoms with E-state index in [1.807, 2.05) is 13.0 Å². The molecule has 0 aliphatic rings. The predicted molar refractivity (Wildman–Crippen MR) is 66.8 cm³/mol. The van der Waals surface area contributed by atoms with E-state index < -0.39 is 0 Å². The summed E-state index contributed by atoms with van der Waals surface area (Å²) in [7, 11) is 1.65. The average molecular weight is 272 g/mol. The molecule has 0 fully saturated rings. The molecule has 1 aromatic rings. The van der Waals surface area contributed by atoms with Gasteiger partial charge in [-0.3, -0.25) is 0 Å². The van der Waals surface area contributed by atoms with Crippen molar-refractivity contribution in [3.8, 4) is 5.88 Å². The van der Waals surface area contributed by atoms with Crippen LogP contribution in [0.2, 0.25) is 0 Å². The van der Waals surface area contributed by atoms with Crippen LogP contribution in [0, 0.1) is 12.3 Å². The first-order chi connectivity index (χ1) is 6.96. The van der Waals surface area contributed by atoms with Gasteiger partial charge in [0.05, 0.1) is 7.11 Å². The highest BCUT2D eigenvalue weighted by atomic mass is 79.9. The maximum absolute atomic E-state index is 5.16. The third-order valence-electron chi connectivity index (χ3n) is 2.24. The SMILES string of the molecule is COc1cc(CC(C)(C)CBr)cc(C)n1. The molecule has 0 atom stereocenters. The molecule has 1 heterocycles. The smallest absolute Gasteiger partial charge is 0.213 e. The van der Waals surface area contributed by atoms with E-state index in [1.54, 1.807) is 7.11 Å². The Hall–Kier alpha value is -0.570. The van der Waals surface area contributed by atoms with Crippen molar-refractivity contribution in [1.82, 2.24) is 4.98 Å². The monoisotopic (exact) mass is 271 g/mol. The van der Waals surface area contributed by atoms with Gasteiger partial charge in [0.1, 0.15) is 0 Å². The Labute approximate surface area is 100 Å². The highest BCUT2D eigenvalue weighted by molar-refractivity contribution is 9.09. The summed E-state index contributed by atoms with van der Waals surface area (Å²) in [4.78, 5) is 4.27. The highest BCUT2D eigenvalue weighted by Gasteiger charge is 2.17. The Morgan fingerprint density at radius 1 is 1.40 bits per heavy atom. The molecule has 0 saturated carbocycles. The zero-order valence-corrected chi connectivity index (χ0v) is 11.4. The molecule has 0 aromatic carbocycles. The van der Waals surface area contributed by atoms with E-state index in [1.165, 1.54) is 5.56 Å². The lowest BCUT2D eigenvalue weighted by atomic mass is 9.88. The molecule has 1 aromatic heterocycles. The maximum atomic E-state index is 5.16. The van der Waals surface area contributed by atoms with Crippen molar-refractivity contribution < 1.29 is 4.74 Å². The van der Waals surface area contributed by atoms with Crippen LogP contribution < -0.4 is 4.74 Å². The molecule has 1 rings (SSSR count). The van der Waals surface area contributed by atoms with Gasteiger partial charge in [0.25, 0.3) is 0 Å². The molecule has 0 spiro atoms. The van der Waals surface area contributed by atoms with Crippen molar-refractivity contribution >= 4 is 15.9 Å². The van der Waals surface area contributed by atoms with Gasteiger partial charge < -0.3 is 4.74 Å². The molecular weight excluding hydrogens is 254 g/mol. The van der Waals surface area contributed by atoms with Crippen molar-refractivity contribution in [2.75, 3.05) is 12.4 Å². The molecule has 0 unspecified atom stereocenters. The Kier molecular flexibility index (Phi) is 4.14. The van der Waals surface area contributed by atoms with Crippen molar-refractivity contribution in [1.29, 1.82) is 0 Å². The number of pyridine rings is 1. The van der Waals surface area contributed by atoms with E-state index in [-0.39, 0.29) is 5.41 Å². The number of aromatic nitrogens is 1. The predicted octanol–water partition coefficient (Wildman–Crippen LogP) is 3.36. The summed E-state index contributed by atoms with van der Waals surface area (Å²) >= 11 is 3.54. The number of nitrogens with zero attached hydrogens (tertiary/aromatic N) is 1. The number of methoxy groups -OCH3 is 1. The summed E-state index contributed by atoms with van der Waals surface area (Å²) in [5.74, 6) is 0.704. The fraction of sp³-hybridized carbons (Fsp3) is 0.583. The van der Waals surface area contributed by atoms with Crippen molar-refractivity contribution in [3.63, 3.8) is 0 Å². The second-order valence-corrected chi connectivity index (χ2v) is 5.19. The van der Waals surface area contributed by atoms with E-state index in [0.717, 1.165) is 17.4 Å². The summed E-state index contributed by atoms with van der Waals surface area (Å²) in [6.07, 6.45) is 1.03. The number of ether oxygens (including phenoxy) is 1. The first-order valence-electron chi connectivity index (χ1n) is 5.04. The molecule has 2 nitrogen and oxygen atoms in total. The molecule has 0 aliphatic heterocycles. The van der Waals surface area contributed by atoms with E-state index in [0.29, 0.717) is 5.88 Å². The molecule has 0 aliphatic carbocycles. The molecule has 84 valence electrons. The standard InChI is InChI=1S/C12H18BrNO/c1-9-5-10(6-11(14-9)15-4)7-12(2,3)8-13/h5-6H,7-8H2,1-4H3. The third kappa shape index (κ3) is 3.82. The first kappa shape index (κ1) is 12.5. The van der Waals surface area contributed by atoms with Gasteiger partial charge in [-0.05, 0) is 30.4 Å².